The molecule has 1 aromatic rings. The SMILES string of the molecule is N[C@H]1C[C@@H](N2CC3COC[C@@H]3C2)CO[C@@H]1c1cc(F)cc(F)c1F. The van der Waals surface area contributed by atoms with Gasteiger partial charge in [0.2, 0.25) is 0 Å². The minimum atomic E-state index is -1.21. The molecule has 3 heterocycles. The molecule has 3 aliphatic rings. The summed E-state index contributed by atoms with van der Waals surface area (Å²) >= 11 is 0. The van der Waals surface area contributed by atoms with Gasteiger partial charge < -0.3 is 15.2 Å². The van der Waals surface area contributed by atoms with Crippen LogP contribution in [0.2, 0.25) is 0 Å². The summed E-state index contributed by atoms with van der Waals surface area (Å²) < 4.78 is 52.1. The Hall–Kier alpha value is -1.15. The Morgan fingerprint density at radius 1 is 1.04 bits per heavy atom. The van der Waals surface area contributed by atoms with E-state index in [0.29, 0.717) is 30.9 Å². The molecule has 4 rings (SSSR count). The lowest BCUT2D eigenvalue weighted by atomic mass is 9.93. The van der Waals surface area contributed by atoms with Crippen molar-refractivity contribution in [3.05, 3.63) is 35.1 Å². The lowest BCUT2D eigenvalue weighted by Gasteiger charge is -2.39. The van der Waals surface area contributed by atoms with E-state index in [4.69, 9.17) is 15.2 Å². The van der Waals surface area contributed by atoms with Gasteiger partial charge in [0, 0.05) is 48.6 Å². The number of rotatable bonds is 2. The third-order valence-corrected chi connectivity index (χ3v) is 5.51. The number of hydrogen-bond acceptors (Lipinski definition) is 4. The molecule has 1 aromatic carbocycles. The van der Waals surface area contributed by atoms with Gasteiger partial charge in [-0.1, -0.05) is 0 Å². The minimum absolute atomic E-state index is 0.134. The van der Waals surface area contributed by atoms with Crippen LogP contribution in [0.15, 0.2) is 12.1 Å². The molecule has 5 atom stereocenters. The zero-order valence-corrected chi connectivity index (χ0v) is 13.3. The Bertz CT molecular complexity index is 618. The van der Waals surface area contributed by atoms with Crippen LogP contribution in [0.5, 0.6) is 0 Å². The van der Waals surface area contributed by atoms with Gasteiger partial charge >= 0.3 is 0 Å². The maximum Gasteiger partial charge on any atom is 0.164 e. The van der Waals surface area contributed by atoms with Gasteiger partial charge in [-0.05, 0) is 12.5 Å². The van der Waals surface area contributed by atoms with Crippen molar-refractivity contribution in [1.29, 1.82) is 0 Å². The fourth-order valence-electron chi connectivity index (χ4n) is 4.22. The molecule has 3 saturated heterocycles. The first-order valence-corrected chi connectivity index (χ1v) is 8.36. The van der Waals surface area contributed by atoms with Crippen LogP contribution in [0.4, 0.5) is 13.2 Å². The molecule has 24 heavy (non-hydrogen) atoms. The van der Waals surface area contributed by atoms with Crippen LogP contribution < -0.4 is 5.73 Å². The monoisotopic (exact) mass is 342 g/mol. The van der Waals surface area contributed by atoms with Gasteiger partial charge in [-0.15, -0.1) is 0 Å². The number of hydrogen-bond donors (Lipinski definition) is 1. The molecule has 2 N–H and O–H groups in total. The van der Waals surface area contributed by atoms with E-state index in [9.17, 15) is 13.2 Å². The Morgan fingerprint density at radius 2 is 1.75 bits per heavy atom. The second-order valence-electron chi connectivity index (χ2n) is 7.11. The summed E-state index contributed by atoms with van der Waals surface area (Å²) in [5, 5.41) is 0. The predicted octanol–water partition coefficient (Wildman–Crippen LogP) is 1.84. The molecular weight excluding hydrogens is 321 g/mol. The Labute approximate surface area is 138 Å². The van der Waals surface area contributed by atoms with E-state index in [2.05, 4.69) is 4.90 Å². The molecule has 0 spiro atoms. The lowest BCUT2D eigenvalue weighted by Crippen LogP contribution is -2.49. The van der Waals surface area contributed by atoms with Gasteiger partial charge in [-0.3, -0.25) is 4.90 Å². The van der Waals surface area contributed by atoms with Crippen LogP contribution in [-0.2, 0) is 9.47 Å². The summed E-state index contributed by atoms with van der Waals surface area (Å²) in [6, 6.07) is 1.15. The van der Waals surface area contributed by atoms with Crippen molar-refractivity contribution in [3.8, 4) is 0 Å². The topological polar surface area (TPSA) is 47.7 Å². The number of ether oxygens (including phenoxy) is 2. The molecule has 1 unspecified atom stereocenters. The molecule has 132 valence electrons. The second-order valence-corrected chi connectivity index (χ2v) is 7.11. The number of halogens is 3. The van der Waals surface area contributed by atoms with Crippen molar-refractivity contribution in [2.45, 2.75) is 24.6 Å². The van der Waals surface area contributed by atoms with Gasteiger partial charge in [-0.2, -0.15) is 0 Å². The zero-order chi connectivity index (χ0) is 16.8. The molecule has 0 bridgehead atoms. The van der Waals surface area contributed by atoms with Crippen LogP contribution in [0.25, 0.3) is 0 Å². The van der Waals surface area contributed by atoms with E-state index >= 15 is 0 Å². The van der Waals surface area contributed by atoms with Crippen LogP contribution in [-0.4, -0.2) is 49.9 Å². The van der Waals surface area contributed by atoms with Crippen molar-refractivity contribution in [2.24, 2.45) is 17.6 Å². The third kappa shape index (κ3) is 2.83. The maximum atomic E-state index is 14.0. The van der Waals surface area contributed by atoms with E-state index in [1.54, 1.807) is 0 Å². The summed E-state index contributed by atoms with van der Waals surface area (Å²) in [5.41, 5.74) is 6.03. The average Bonchev–Trinajstić information content (AvgIpc) is 3.12. The van der Waals surface area contributed by atoms with Crippen molar-refractivity contribution in [1.82, 2.24) is 4.90 Å². The Kier molecular flexibility index (Phi) is 4.28. The first-order valence-electron chi connectivity index (χ1n) is 8.36. The minimum Gasteiger partial charge on any atom is -0.381 e. The van der Waals surface area contributed by atoms with E-state index in [1.807, 2.05) is 0 Å². The van der Waals surface area contributed by atoms with Crippen LogP contribution in [0.1, 0.15) is 18.1 Å². The quantitative estimate of drug-likeness (QED) is 0.833. The normalized spacial score (nSPS) is 36.9. The van der Waals surface area contributed by atoms with Crippen molar-refractivity contribution in [2.75, 3.05) is 32.9 Å². The van der Waals surface area contributed by atoms with Gasteiger partial charge in [0.1, 0.15) is 11.9 Å². The number of benzene rings is 1. The molecule has 3 fully saturated rings. The molecule has 0 aromatic heterocycles. The van der Waals surface area contributed by atoms with Crippen molar-refractivity contribution < 1.29 is 22.6 Å². The zero-order valence-electron chi connectivity index (χ0n) is 13.3. The summed E-state index contributed by atoms with van der Waals surface area (Å²) in [7, 11) is 0. The number of nitrogens with zero attached hydrogens (tertiary/aromatic N) is 1. The summed E-state index contributed by atoms with van der Waals surface area (Å²) in [6.45, 7) is 3.91. The summed E-state index contributed by atoms with van der Waals surface area (Å²) in [6.07, 6.45) is -0.209. The number of likely N-dealkylation sites (tertiary alicyclic amines) is 1. The highest BCUT2D eigenvalue weighted by Gasteiger charge is 2.42. The smallest absolute Gasteiger partial charge is 0.164 e. The molecule has 0 radical (unpaired) electrons. The molecule has 7 heteroatoms. The number of fused-ring (bicyclic) bond motifs is 1. The summed E-state index contributed by atoms with van der Waals surface area (Å²) in [5.74, 6) is -1.99. The highest BCUT2D eigenvalue weighted by atomic mass is 19.2. The average molecular weight is 342 g/mol. The Balaban J connectivity index is 1.45. The predicted molar refractivity (Wildman–Crippen MR) is 80.8 cm³/mol. The van der Waals surface area contributed by atoms with Gasteiger partial charge in [0.25, 0.3) is 0 Å². The summed E-state index contributed by atoms with van der Waals surface area (Å²) in [4.78, 5) is 2.36. The lowest BCUT2D eigenvalue weighted by molar-refractivity contribution is -0.0500. The van der Waals surface area contributed by atoms with Crippen molar-refractivity contribution >= 4 is 0 Å². The van der Waals surface area contributed by atoms with Crippen LogP contribution in [0, 0.1) is 29.3 Å². The molecule has 0 saturated carbocycles. The molecular formula is C17H21F3N2O2. The molecule has 0 amide bonds. The van der Waals surface area contributed by atoms with Crippen molar-refractivity contribution in [3.63, 3.8) is 0 Å². The maximum absolute atomic E-state index is 14.0. The Morgan fingerprint density at radius 3 is 2.42 bits per heavy atom. The van der Waals surface area contributed by atoms with Crippen LogP contribution in [0.3, 0.4) is 0 Å². The van der Waals surface area contributed by atoms with E-state index in [1.165, 1.54) is 0 Å². The fraction of sp³-hybridized carbons (Fsp3) is 0.647. The van der Waals surface area contributed by atoms with E-state index < -0.39 is 29.6 Å². The molecule has 3 aliphatic heterocycles. The second kappa shape index (κ2) is 6.29. The van der Waals surface area contributed by atoms with Crippen LogP contribution >= 0.6 is 0 Å². The van der Waals surface area contributed by atoms with Gasteiger partial charge in [-0.25, -0.2) is 13.2 Å². The first-order chi connectivity index (χ1) is 11.5. The standard InChI is InChI=1S/C17H21F3N2O2/c18-11-1-13(16(20)14(19)2-11)17-15(21)3-12(8-24-17)22-4-9-6-23-7-10(9)5-22/h1-2,9-10,12,15,17H,3-8,21H2/t9-,10?,12+,15-,17+/m0/s1. The first kappa shape index (κ1) is 16.3. The van der Waals surface area contributed by atoms with E-state index in [0.717, 1.165) is 32.4 Å². The fourth-order valence-corrected chi connectivity index (χ4v) is 4.22. The van der Waals surface area contributed by atoms with Gasteiger partial charge in [0.05, 0.1) is 19.8 Å². The van der Waals surface area contributed by atoms with Gasteiger partial charge in [0.15, 0.2) is 11.6 Å². The molecule has 0 aliphatic carbocycles. The molecule has 4 nitrogen and oxygen atoms in total. The third-order valence-electron chi connectivity index (χ3n) is 5.51. The number of nitrogens with two attached hydrogens (primary N) is 1. The highest BCUT2D eigenvalue weighted by Crippen LogP contribution is 2.36. The largest absolute Gasteiger partial charge is 0.381 e. The van der Waals surface area contributed by atoms with E-state index in [-0.39, 0.29) is 11.6 Å². The highest BCUT2D eigenvalue weighted by molar-refractivity contribution is 5.24.